The van der Waals surface area contributed by atoms with Crippen LogP contribution >= 0.6 is 0 Å². The maximum atomic E-state index is 13.2. The molecule has 182 valence electrons. The normalized spacial score (nSPS) is 18.2. The molecule has 0 aromatic heterocycles. The van der Waals surface area contributed by atoms with E-state index in [9.17, 15) is 9.59 Å². The highest BCUT2D eigenvalue weighted by Gasteiger charge is 2.35. The minimum atomic E-state index is -0.447. The lowest BCUT2D eigenvalue weighted by Crippen LogP contribution is -2.36. The molecular weight excluding hydrogens is 434 g/mol. The summed E-state index contributed by atoms with van der Waals surface area (Å²) in [4.78, 5) is 29.7. The number of benzene rings is 2. The van der Waals surface area contributed by atoms with E-state index in [2.05, 4.69) is 10.2 Å². The first-order valence-corrected chi connectivity index (χ1v) is 11.9. The van der Waals surface area contributed by atoms with Gasteiger partial charge in [-0.3, -0.25) is 9.59 Å². The molecule has 2 aromatic carbocycles. The van der Waals surface area contributed by atoms with Crippen molar-refractivity contribution in [3.8, 4) is 11.5 Å². The first-order valence-electron chi connectivity index (χ1n) is 11.9. The Kier molecular flexibility index (Phi) is 7.57. The highest BCUT2D eigenvalue weighted by molar-refractivity contribution is 6.04. The van der Waals surface area contributed by atoms with Crippen molar-refractivity contribution in [2.75, 3.05) is 61.2 Å². The maximum Gasteiger partial charge on any atom is 0.229 e. The van der Waals surface area contributed by atoms with Crippen molar-refractivity contribution in [2.24, 2.45) is 5.92 Å². The van der Waals surface area contributed by atoms with Gasteiger partial charge in [0.1, 0.15) is 11.5 Å². The third-order valence-electron chi connectivity index (χ3n) is 6.11. The molecule has 34 heavy (non-hydrogen) atoms. The summed E-state index contributed by atoms with van der Waals surface area (Å²) in [5.74, 6) is 0.572. The molecule has 8 nitrogen and oxygen atoms in total. The lowest BCUT2D eigenvalue weighted by atomic mass is 10.1. The Labute approximate surface area is 200 Å². The molecule has 2 amide bonds. The van der Waals surface area contributed by atoms with Gasteiger partial charge >= 0.3 is 0 Å². The zero-order chi connectivity index (χ0) is 24.1. The molecule has 0 unspecified atom stereocenters. The Bertz CT molecular complexity index is 1020. The van der Waals surface area contributed by atoms with Crippen LogP contribution < -0.4 is 24.6 Å². The second kappa shape index (κ2) is 10.8. The van der Waals surface area contributed by atoms with Crippen LogP contribution in [0.15, 0.2) is 36.4 Å². The number of carbonyl (C=O) groups excluding carboxylic acids is 2. The van der Waals surface area contributed by atoms with Crippen molar-refractivity contribution >= 4 is 28.9 Å². The van der Waals surface area contributed by atoms with Gasteiger partial charge in [-0.2, -0.15) is 0 Å². The number of carbonyl (C=O) groups is 2. The smallest absolute Gasteiger partial charge is 0.229 e. The summed E-state index contributed by atoms with van der Waals surface area (Å²) in [6, 6.07) is 11.5. The number of nitrogens with one attached hydrogen (secondary N) is 1. The summed E-state index contributed by atoms with van der Waals surface area (Å²) in [6.45, 7) is 9.98. The number of hydrogen-bond acceptors (Lipinski definition) is 6. The van der Waals surface area contributed by atoms with Gasteiger partial charge in [0.15, 0.2) is 0 Å². The van der Waals surface area contributed by atoms with Crippen LogP contribution in [0.2, 0.25) is 0 Å². The minimum Gasteiger partial charge on any atom is -0.492 e. The fourth-order valence-electron chi connectivity index (χ4n) is 4.34. The molecule has 4 rings (SSSR count). The summed E-state index contributed by atoms with van der Waals surface area (Å²) in [7, 11) is 0. The lowest BCUT2D eigenvalue weighted by molar-refractivity contribution is -0.122. The van der Waals surface area contributed by atoms with Crippen LogP contribution in [0.25, 0.3) is 0 Å². The van der Waals surface area contributed by atoms with Crippen LogP contribution in [0, 0.1) is 12.8 Å². The van der Waals surface area contributed by atoms with Gasteiger partial charge in [-0.15, -0.1) is 0 Å². The molecule has 0 saturated carbocycles. The van der Waals surface area contributed by atoms with E-state index in [0.29, 0.717) is 50.2 Å². The molecular formula is C26H33N3O5. The summed E-state index contributed by atoms with van der Waals surface area (Å²) < 4.78 is 17.3. The maximum absolute atomic E-state index is 13.2. The van der Waals surface area contributed by atoms with Crippen molar-refractivity contribution in [3.05, 3.63) is 42.0 Å². The van der Waals surface area contributed by atoms with Crippen molar-refractivity contribution in [3.63, 3.8) is 0 Å². The third kappa shape index (κ3) is 5.28. The Morgan fingerprint density at radius 1 is 1.06 bits per heavy atom. The fourth-order valence-corrected chi connectivity index (χ4v) is 4.34. The van der Waals surface area contributed by atoms with E-state index in [4.69, 9.17) is 14.2 Å². The molecule has 0 spiro atoms. The highest BCUT2D eigenvalue weighted by Crippen LogP contribution is 2.40. The zero-order valence-corrected chi connectivity index (χ0v) is 20.1. The van der Waals surface area contributed by atoms with E-state index in [1.54, 1.807) is 4.90 Å². The zero-order valence-electron chi connectivity index (χ0n) is 20.1. The van der Waals surface area contributed by atoms with E-state index in [0.717, 1.165) is 30.0 Å². The van der Waals surface area contributed by atoms with Crippen LogP contribution in [0.1, 0.15) is 25.8 Å². The van der Waals surface area contributed by atoms with Gasteiger partial charge in [0.2, 0.25) is 11.8 Å². The van der Waals surface area contributed by atoms with Crippen LogP contribution in [0.5, 0.6) is 11.5 Å². The molecule has 1 N–H and O–H groups in total. The van der Waals surface area contributed by atoms with Gasteiger partial charge in [0, 0.05) is 43.9 Å². The molecule has 1 atom stereocenters. The molecule has 2 aliphatic heterocycles. The molecule has 2 fully saturated rings. The van der Waals surface area contributed by atoms with Gasteiger partial charge in [0.25, 0.3) is 0 Å². The molecule has 0 bridgehead atoms. The molecule has 2 saturated heterocycles. The van der Waals surface area contributed by atoms with Crippen LogP contribution in [-0.4, -0.2) is 57.9 Å². The Balaban J connectivity index is 1.54. The second-order valence-corrected chi connectivity index (χ2v) is 8.51. The Morgan fingerprint density at radius 2 is 1.74 bits per heavy atom. The van der Waals surface area contributed by atoms with Gasteiger partial charge in [-0.25, -0.2) is 0 Å². The van der Waals surface area contributed by atoms with Gasteiger partial charge in [0.05, 0.1) is 43.7 Å². The number of hydrogen-bond donors (Lipinski definition) is 1. The fraction of sp³-hybridized carbons (Fsp3) is 0.462. The van der Waals surface area contributed by atoms with Crippen molar-refractivity contribution in [2.45, 2.75) is 27.2 Å². The SMILES string of the molecule is CCOc1cc(N2CCOCC2)c(OCC)cc1NC(=O)[C@H]1CC(=O)N(c2ccc(C)cc2)C1. The van der Waals surface area contributed by atoms with E-state index in [-0.39, 0.29) is 18.2 Å². The quantitative estimate of drug-likeness (QED) is 0.639. The number of anilines is 3. The van der Waals surface area contributed by atoms with E-state index in [1.165, 1.54) is 0 Å². The number of morpholine rings is 1. The third-order valence-corrected chi connectivity index (χ3v) is 6.11. The molecule has 0 radical (unpaired) electrons. The van der Waals surface area contributed by atoms with Crippen LogP contribution in [-0.2, 0) is 14.3 Å². The molecule has 2 aliphatic rings. The summed E-state index contributed by atoms with van der Waals surface area (Å²) in [5, 5.41) is 3.00. The first kappa shape index (κ1) is 23.9. The Hall–Kier alpha value is -3.26. The van der Waals surface area contributed by atoms with Crippen LogP contribution in [0.3, 0.4) is 0 Å². The van der Waals surface area contributed by atoms with E-state index >= 15 is 0 Å². The van der Waals surface area contributed by atoms with Crippen molar-refractivity contribution < 1.29 is 23.8 Å². The van der Waals surface area contributed by atoms with Crippen LogP contribution in [0.4, 0.5) is 17.1 Å². The monoisotopic (exact) mass is 467 g/mol. The standard InChI is InChI=1S/C26H33N3O5/c1-4-33-23-16-22(28-10-12-32-13-11-28)24(34-5-2)15-21(23)27-26(31)19-14-25(30)29(17-19)20-8-6-18(3)7-9-20/h6-9,15-16,19H,4-5,10-14,17H2,1-3H3,(H,27,31)/t19-/m0/s1. The lowest BCUT2D eigenvalue weighted by Gasteiger charge is -2.31. The average molecular weight is 468 g/mol. The van der Waals surface area contributed by atoms with Gasteiger partial charge < -0.3 is 29.3 Å². The first-order chi connectivity index (χ1) is 16.5. The topological polar surface area (TPSA) is 80.3 Å². The van der Waals surface area contributed by atoms with Gasteiger partial charge in [-0.05, 0) is 32.9 Å². The summed E-state index contributed by atoms with van der Waals surface area (Å²) in [5.41, 5.74) is 3.41. The van der Waals surface area contributed by atoms with Gasteiger partial charge in [-0.1, -0.05) is 17.7 Å². The predicted octanol–water partition coefficient (Wildman–Crippen LogP) is 3.62. The molecule has 2 aromatic rings. The summed E-state index contributed by atoms with van der Waals surface area (Å²) in [6.07, 6.45) is 0.174. The minimum absolute atomic E-state index is 0.0493. The highest BCUT2D eigenvalue weighted by atomic mass is 16.5. The number of nitrogens with zero attached hydrogens (tertiary/aromatic N) is 2. The number of ether oxygens (including phenoxy) is 3. The van der Waals surface area contributed by atoms with E-state index in [1.807, 2.05) is 57.2 Å². The number of aryl methyl sites for hydroxylation is 1. The molecule has 0 aliphatic carbocycles. The number of rotatable bonds is 8. The molecule has 2 heterocycles. The average Bonchev–Trinajstić information content (AvgIpc) is 3.23. The van der Waals surface area contributed by atoms with Crippen molar-refractivity contribution in [1.82, 2.24) is 0 Å². The molecule has 8 heteroatoms. The van der Waals surface area contributed by atoms with E-state index < -0.39 is 5.92 Å². The van der Waals surface area contributed by atoms with Crippen molar-refractivity contribution in [1.29, 1.82) is 0 Å². The summed E-state index contributed by atoms with van der Waals surface area (Å²) >= 11 is 0. The second-order valence-electron chi connectivity index (χ2n) is 8.51. The number of amides is 2. The largest absolute Gasteiger partial charge is 0.492 e. The Morgan fingerprint density at radius 3 is 2.41 bits per heavy atom. The predicted molar refractivity (Wildman–Crippen MR) is 132 cm³/mol.